The minimum atomic E-state index is -2.61. The van der Waals surface area contributed by atoms with Gasteiger partial charge in [0.1, 0.15) is 0 Å². The third-order valence-electron chi connectivity index (χ3n) is 2.67. The number of non-ortho nitro benzene ring substituents is 1. The van der Waals surface area contributed by atoms with Crippen molar-refractivity contribution in [2.75, 3.05) is 5.32 Å². The van der Waals surface area contributed by atoms with Gasteiger partial charge in [0.15, 0.2) is 0 Å². The molecule has 0 fully saturated rings. The minimum Gasteiger partial charge on any atom is -0.321 e. The van der Waals surface area contributed by atoms with E-state index in [4.69, 9.17) is 0 Å². The second-order valence-electron chi connectivity index (χ2n) is 4.14. The Bertz CT molecular complexity index is 710. The molecule has 0 aliphatic heterocycles. The summed E-state index contributed by atoms with van der Waals surface area (Å²) in [6.07, 6.45) is 0. The van der Waals surface area contributed by atoms with E-state index in [1.165, 1.54) is 30.3 Å². The second-order valence-corrected chi connectivity index (χ2v) is 5.17. The molecule has 1 amide bonds. The van der Waals surface area contributed by atoms with E-state index in [-0.39, 0.29) is 21.8 Å². The van der Waals surface area contributed by atoms with Gasteiger partial charge in [0.25, 0.3) is 17.4 Å². The van der Waals surface area contributed by atoms with Gasteiger partial charge in [0.05, 0.1) is 10.6 Å². The lowest BCUT2D eigenvalue weighted by Crippen LogP contribution is -2.12. The fourth-order valence-electron chi connectivity index (χ4n) is 1.72. The molecule has 0 aliphatic rings. The molecule has 22 heavy (non-hydrogen) atoms. The van der Waals surface area contributed by atoms with Crippen molar-refractivity contribution < 1.29 is 18.5 Å². The van der Waals surface area contributed by atoms with Crippen molar-refractivity contribution >= 4 is 29.0 Å². The number of para-hydroxylation sites is 1. The lowest BCUT2D eigenvalue weighted by molar-refractivity contribution is -0.384. The molecule has 0 saturated heterocycles. The number of nitro groups is 1. The highest BCUT2D eigenvalue weighted by Gasteiger charge is 2.15. The van der Waals surface area contributed by atoms with Crippen LogP contribution in [0.1, 0.15) is 10.4 Å². The third kappa shape index (κ3) is 4.01. The van der Waals surface area contributed by atoms with Crippen LogP contribution < -0.4 is 5.32 Å². The molecule has 0 heterocycles. The number of carbonyl (C=O) groups is 1. The maximum atomic E-state index is 12.5. The number of thioether (sulfide) groups is 1. The van der Waals surface area contributed by atoms with Crippen molar-refractivity contribution in [1.29, 1.82) is 0 Å². The van der Waals surface area contributed by atoms with Crippen LogP contribution in [0.2, 0.25) is 0 Å². The first-order chi connectivity index (χ1) is 10.5. The van der Waals surface area contributed by atoms with Crippen molar-refractivity contribution in [3.63, 3.8) is 0 Å². The highest BCUT2D eigenvalue weighted by atomic mass is 32.2. The van der Waals surface area contributed by atoms with E-state index in [9.17, 15) is 23.7 Å². The molecule has 0 unspecified atom stereocenters. The Morgan fingerprint density at radius 2 is 1.91 bits per heavy atom. The summed E-state index contributed by atoms with van der Waals surface area (Å²) in [5.41, 5.74) is 0.0817. The standard InChI is InChI=1S/C14H10F2N2O3S/c15-14(16)22-12-7-2-1-6-11(12)17-13(19)9-4-3-5-10(8-9)18(20)21/h1-8,14H,(H,17,19). The molecule has 0 aliphatic carbocycles. The van der Waals surface area contributed by atoms with E-state index in [0.29, 0.717) is 11.8 Å². The van der Waals surface area contributed by atoms with Gasteiger partial charge in [-0.3, -0.25) is 14.9 Å². The second kappa shape index (κ2) is 6.99. The Labute approximate surface area is 128 Å². The van der Waals surface area contributed by atoms with E-state index in [1.54, 1.807) is 12.1 Å². The van der Waals surface area contributed by atoms with Crippen LogP contribution in [-0.2, 0) is 0 Å². The fraction of sp³-hybridized carbons (Fsp3) is 0.0714. The molecule has 2 rings (SSSR count). The molecular formula is C14H10F2N2O3S. The summed E-state index contributed by atoms with van der Waals surface area (Å²) >= 11 is 0.314. The smallest absolute Gasteiger partial charge is 0.288 e. The fourth-order valence-corrected chi connectivity index (χ4v) is 2.32. The van der Waals surface area contributed by atoms with Crippen molar-refractivity contribution in [3.05, 3.63) is 64.2 Å². The van der Waals surface area contributed by atoms with Gasteiger partial charge >= 0.3 is 0 Å². The van der Waals surface area contributed by atoms with Crippen molar-refractivity contribution in [1.82, 2.24) is 0 Å². The SMILES string of the molecule is O=C(Nc1ccccc1SC(F)F)c1cccc([N+](=O)[O-])c1. The molecule has 0 bridgehead atoms. The molecule has 0 aromatic heterocycles. The third-order valence-corrected chi connectivity index (χ3v) is 3.46. The number of nitro benzene ring substituents is 1. The normalized spacial score (nSPS) is 10.5. The average molecular weight is 324 g/mol. The minimum absolute atomic E-state index is 0.0750. The van der Waals surface area contributed by atoms with Crippen molar-refractivity contribution in [2.24, 2.45) is 0 Å². The first-order valence-electron chi connectivity index (χ1n) is 6.07. The maximum Gasteiger partial charge on any atom is 0.288 e. The Balaban J connectivity index is 2.22. The predicted molar refractivity (Wildman–Crippen MR) is 79.4 cm³/mol. The first kappa shape index (κ1) is 15.9. The zero-order chi connectivity index (χ0) is 16.1. The average Bonchev–Trinajstić information content (AvgIpc) is 2.49. The largest absolute Gasteiger partial charge is 0.321 e. The van der Waals surface area contributed by atoms with Crippen molar-refractivity contribution in [2.45, 2.75) is 10.7 Å². The zero-order valence-electron chi connectivity index (χ0n) is 11.0. The van der Waals surface area contributed by atoms with Crippen LogP contribution in [0.25, 0.3) is 0 Å². The number of amides is 1. The summed E-state index contributed by atoms with van der Waals surface area (Å²) in [5.74, 6) is -3.22. The van der Waals surface area contributed by atoms with Crippen LogP contribution in [0.15, 0.2) is 53.4 Å². The number of hydrogen-bond acceptors (Lipinski definition) is 4. The maximum absolute atomic E-state index is 12.5. The number of halogens is 2. The molecule has 2 aromatic rings. The van der Waals surface area contributed by atoms with Crippen LogP contribution in [0.5, 0.6) is 0 Å². The monoisotopic (exact) mass is 324 g/mol. The zero-order valence-corrected chi connectivity index (χ0v) is 11.8. The summed E-state index contributed by atoms with van der Waals surface area (Å²) in [7, 11) is 0. The predicted octanol–water partition coefficient (Wildman–Crippen LogP) is 4.16. The molecule has 5 nitrogen and oxygen atoms in total. The Kier molecular flexibility index (Phi) is 5.05. The number of nitrogens with one attached hydrogen (secondary N) is 1. The number of hydrogen-bond donors (Lipinski definition) is 1. The van der Waals surface area contributed by atoms with Crippen LogP contribution in [0.3, 0.4) is 0 Å². The van der Waals surface area contributed by atoms with Crippen LogP contribution >= 0.6 is 11.8 Å². The topological polar surface area (TPSA) is 72.2 Å². The first-order valence-corrected chi connectivity index (χ1v) is 6.95. The van der Waals surface area contributed by atoms with Gasteiger partial charge < -0.3 is 5.32 Å². The quantitative estimate of drug-likeness (QED) is 0.509. The number of rotatable bonds is 5. The highest BCUT2D eigenvalue weighted by Crippen LogP contribution is 2.31. The van der Waals surface area contributed by atoms with Gasteiger partial charge in [-0.25, -0.2) is 0 Å². The van der Waals surface area contributed by atoms with Crippen LogP contribution in [0, 0.1) is 10.1 Å². The van der Waals surface area contributed by atoms with Crippen molar-refractivity contribution in [3.8, 4) is 0 Å². The molecule has 8 heteroatoms. The Morgan fingerprint density at radius 1 is 1.18 bits per heavy atom. The number of alkyl halides is 2. The van der Waals surface area contributed by atoms with E-state index in [2.05, 4.69) is 5.32 Å². The molecular weight excluding hydrogens is 314 g/mol. The summed E-state index contributed by atoms with van der Waals surface area (Å²) < 4.78 is 25.0. The number of anilines is 1. The van der Waals surface area contributed by atoms with E-state index < -0.39 is 16.6 Å². The number of nitrogens with zero attached hydrogens (tertiary/aromatic N) is 1. The summed E-state index contributed by atoms with van der Waals surface area (Å²) in [4.78, 5) is 22.4. The summed E-state index contributed by atoms with van der Waals surface area (Å²) in [6.45, 7) is 0. The molecule has 114 valence electrons. The molecule has 1 N–H and O–H groups in total. The molecule has 0 radical (unpaired) electrons. The van der Waals surface area contributed by atoms with Gasteiger partial charge in [0, 0.05) is 22.6 Å². The summed E-state index contributed by atoms with van der Waals surface area (Å²) in [5, 5.41) is 13.2. The van der Waals surface area contributed by atoms with Crippen LogP contribution in [0.4, 0.5) is 20.2 Å². The van der Waals surface area contributed by atoms with E-state index in [1.807, 2.05) is 0 Å². The van der Waals surface area contributed by atoms with Gasteiger partial charge in [0.2, 0.25) is 0 Å². The van der Waals surface area contributed by atoms with Gasteiger partial charge in [-0.1, -0.05) is 30.0 Å². The highest BCUT2D eigenvalue weighted by molar-refractivity contribution is 7.99. The van der Waals surface area contributed by atoms with E-state index >= 15 is 0 Å². The molecule has 0 spiro atoms. The number of carbonyl (C=O) groups excluding carboxylic acids is 1. The molecule has 0 atom stereocenters. The Morgan fingerprint density at radius 3 is 2.59 bits per heavy atom. The molecule has 0 saturated carbocycles. The number of benzene rings is 2. The van der Waals surface area contributed by atoms with E-state index in [0.717, 1.165) is 6.07 Å². The molecule has 2 aromatic carbocycles. The van der Waals surface area contributed by atoms with Crippen LogP contribution in [-0.4, -0.2) is 16.6 Å². The lowest BCUT2D eigenvalue weighted by atomic mass is 10.2. The Hall–Kier alpha value is -2.48. The van der Waals surface area contributed by atoms with Gasteiger partial charge in [-0.2, -0.15) is 8.78 Å². The summed E-state index contributed by atoms with van der Waals surface area (Å²) in [6, 6.07) is 11.3. The van der Waals surface area contributed by atoms with Gasteiger partial charge in [-0.05, 0) is 18.2 Å². The lowest BCUT2D eigenvalue weighted by Gasteiger charge is -2.10. The van der Waals surface area contributed by atoms with Gasteiger partial charge in [-0.15, -0.1) is 0 Å².